The van der Waals surface area contributed by atoms with Gasteiger partial charge in [0.1, 0.15) is 5.82 Å². The zero-order chi connectivity index (χ0) is 24.8. The molecule has 0 atom stereocenters. The molecule has 2 aromatic carbocycles. The van der Waals surface area contributed by atoms with Crippen LogP contribution in [-0.4, -0.2) is 4.98 Å². The predicted octanol–water partition coefficient (Wildman–Crippen LogP) is 8.91. The van der Waals surface area contributed by atoms with Gasteiger partial charge in [-0.3, -0.25) is 4.98 Å². The van der Waals surface area contributed by atoms with E-state index in [1.54, 1.807) is 19.1 Å². The van der Waals surface area contributed by atoms with Crippen LogP contribution in [0.15, 0.2) is 54.7 Å². The van der Waals surface area contributed by atoms with Crippen molar-refractivity contribution in [1.29, 1.82) is 0 Å². The molecule has 0 bridgehead atoms. The molecule has 0 unspecified atom stereocenters. The number of halogens is 2. The van der Waals surface area contributed by atoms with Gasteiger partial charge >= 0.3 is 0 Å². The second-order valence-electron chi connectivity index (χ2n) is 7.75. The second-order valence-corrected chi connectivity index (χ2v) is 8.02. The van der Waals surface area contributed by atoms with Gasteiger partial charge in [-0.05, 0) is 91.3 Å². The van der Waals surface area contributed by atoms with Gasteiger partial charge < -0.3 is 5.73 Å². The lowest BCUT2D eigenvalue weighted by Gasteiger charge is -2.11. The van der Waals surface area contributed by atoms with E-state index in [0.29, 0.717) is 17.1 Å². The molecule has 3 rings (SSSR count). The Bertz CT molecular complexity index is 1030. The van der Waals surface area contributed by atoms with Crippen molar-refractivity contribution in [3.05, 3.63) is 94.1 Å². The number of aryl methyl sites for hydroxylation is 2. The van der Waals surface area contributed by atoms with Gasteiger partial charge in [0.2, 0.25) is 0 Å². The molecule has 1 aromatic heterocycles. The number of rotatable bonds is 6. The summed E-state index contributed by atoms with van der Waals surface area (Å²) in [7, 11) is 0. The lowest BCUT2D eigenvalue weighted by atomic mass is 9.96. The molecule has 0 saturated carbocycles. The molecule has 33 heavy (non-hydrogen) atoms. The van der Waals surface area contributed by atoms with E-state index in [1.165, 1.54) is 41.2 Å². The molecule has 1 heterocycles. The summed E-state index contributed by atoms with van der Waals surface area (Å²) in [6.07, 6.45) is 7.57. The van der Waals surface area contributed by atoms with Gasteiger partial charge in [-0.25, -0.2) is 4.39 Å². The molecule has 0 radical (unpaired) electrons. The fourth-order valence-electron chi connectivity index (χ4n) is 3.09. The topological polar surface area (TPSA) is 38.9 Å². The van der Waals surface area contributed by atoms with E-state index in [2.05, 4.69) is 62.2 Å². The second kappa shape index (κ2) is 15.2. The van der Waals surface area contributed by atoms with Gasteiger partial charge in [-0.2, -0.15) is 0 Å². The van der Waals surface area contributed by atoms with Crippen LogP contribution in [0.5, 0.6) is 0 Å². The monoisotopic (exact) mass is 468 g/mol. The number of benzene rings is 2. The molecule has 0 aliphatic heterocycles. The number of alkyl halides is 1. The third-order valence-corrected chi connectivity index (χ3v) is 5.58. The molecule has 0 saturated heterocycles. The number of allylic oxidation sites excluding steroid dienone is 1. The fourth-order valence-corrected chi connectivity index (χ4v) is 3.26. The van der Waals surface area contributed by atoms with Crippen molar-refractivity contribution in [3.63, 3.8) is 0 Å². The highest BCUT2D eigenvalue weighted by Gasteiger charge is 2.06. The molecule has 3 aromatic rings. The first kappa shape index (κ1) is 28.4. The van der Waals surface area contributed by atoms with Crippen LogP contribution in [0.1, 0.15) is 73.5 Å². The van der Waals surface area contributed by atoms with Crippen LogP contribution in [0.25, 0.3) is 11.6 Å². The van der Waals surface area contributed by atoms with Gasteiger partial charge in [0.25, 0.3) is 0 Å². The fraction of sp³-hybridized carbons (Fsp3) is 0.345. The molecular formula is C29H38ClFN2. The quantitative estimate of drug-likeness (QED) is 0.289. The summed E-state index contributed by atoms with van der Waals surface area (Å²) in [5.41, 5.74) is 13.8. The third kappa shape index (κ3) is 9.39. The standard InChI is InChI=1S/C20H24ClN.C7H8FN.C2H6/c1-4-5-8-19(18-9-6-7-17(12-18)14-21)13-20-16(3)15(2)10-11-22-20;1-5-2-3-6(9)4-7(5)8;1-2/h6-7,9-13H,4-5,8,14H2,1-3H3;2-4H,9H2,1H3;1-2H3/b19-13+;;. The predicted molar refractivity (Wildman–Crippen MR) is 144 cm³/mol. The van der Waals surface area contributed by atoms with Crippen LogP contribution in [0.3, 0.4) is 0 Å². The summed E-state index contributed by atoms with van der Waals surface area (Å²) in [5, 5.41) is 0. The molecule has 0 fully saturated rings. The summed E-state index contributed by atoms with van der Waals surface area (Å²) in [6.45, 7) is 12.2. The summed E-state index contributed by atoms with van der Waals surface area (Å²) < 4.78 is 12.5. The largest absolute Gasteiger partial charge is 0.399 e. The Kier molecular flexibility index (Phi) is 13.1. The van der Waals surface area contributed by atoms with Gasteiger partial charge in [-0.1, -0.05) is 57.5 Å². The minimum absolute atomic E-state index is 0.241. The molecule has 0 spiro atoms. The molecule has 2 nitrogen and oxygen atoms in total. The number of nitrogens with two attached hydrogens (primary N) is 1. The Balaban J connectivity index is 0.000000412. The number of anilines is 1. The van der Waals surface area contributed by atoms with Crippen molar-refractivity contribution in [2.45, 2.75) is 66.7 Å². The van der Waals surface area contributed by atoms with E-state index in [9.17, 15) is 4.39 Å². The lowest BCUT2D eigenvalue weighted by molar-refractivity contribution is 0.619. The zero-order valence-corrected chi connectivity index (χ0v) is 21.6. The van der Waals surface area contributed by atoms with E-state index in [-0.39, 0.29) is 5.82 Å². The van der Waals surface area contributed by atoms with Crippen LogP contribution in [-0.2, 0) is 5.88 Å². The minimum atomic E-state index is -0.241. The molecule has 178 valence electrons. The Morgan fingerprint density at radius 1 is 1.03 bits per heavy atom. The Hall–Kier alpha value is -2.65. The minimum Gasteiger partial charge on any atom is -0.399 e. The molecule has 0 aliphatic carbocycles. The number of hydrogen-bond acceptors (Lipinski definition) is 2. The number of nitrogens with zero attached hydrogens (tertiary/aromatic N) is 1. The van der Waals surface area contributed by atoms with E-state index < -0.39 is 0 Å². The van der Waals surface area contributed by atoms with E-state index >= 15 is 0 Å². The van der Waals surface area contributed by atoms with Crippen molar-refractivity contribution >= 4 is 28.9 Å². The first-order valence-corrected chi connectivity index (χ1v) is 12.2. The Morgan fingerprint density at radius 2 is 1.76 bits per heavy atom. The highest BCUT2D eigenvalue weighted by Crippen LogP contribution is 2.26. The van der Waals surface area contributed by atoms with Gasteiger partial charge in [0, 0.05) is 17.8 Å². The van der Waals surface area contributed by atoms with Crippen LogP contribution < -0.4 is 5.73 Å². The molecule has 2 N–H and O–H groups in total. The van der Waals surface area contributed by atoms with E-state index in [4.69, 9.17) is 17.3 Å². The van der Waals surface area contributed by atoms with Crippen LogP contribution in [0, 0.1) is 26.6 Å². The maximum Gasteiger partial charge on any atom is 0.128 e. The van der Waals surface area contributed by atoms with Crippen LogP contribution in [0.4, 0.5) is 10.1 Å². The zero-order valence-electron chi connectivity index (χ0n) is 20.9. The normalized spacial score (nSPS) is 10.6. The maximum atomic E-state index is 12.5. The highest BCUT2D eigenvalue weighted by molar-refractivity contribution is 6.17. The van der Waals surface area contributed by atoms with Gasteiger partial charge in [0.15, 0.2) is 0 Å². The Morgan fingerprint density at radius 3 is 2.36 bits per heavy atom. The average Bonchev–Trinajstić information content (AvgIpc) is 2.83. The first-order chi connectivity index (χ1) is 15.8. The highest BCUT2D eigenvalue weighted by atomic mass is 35.5. The third-order valence-electron chi connectivity index (χ3n) is 5.27. The molecular weight excluding hydrogens is 431 g/mol. The smallest absolute Gasteiger partial charge is 0.128 e. The summed E-state index contributed by atoms with van der Waals surface area (Å²) >= 11 is 5.98. The Labute approximate surface area is 204 Å². The average molecular weight is 469 g/mol. The van der Waals surface area contributed by atoms with Crippen LogP contribution >= 0.6 is 11.6 Å². The summed E-state index contributed by atoms with van der Waals surface area (Å²) in [6, 6.07) is 15.2. The number of aromatic nitrogens is 1. The van der Waals surface area contributed by atoms with Gasteiger partial charge in [0.05, 0.1) is 5.69 Å². The molecule has 0 aliphatic rings. The van der Waals surface area contributed by atoms with Crippen molar-refractivity contribution in [2.24, 2.45) is 0 Å². The van der Waals surface area contributed by atoms with Gasteiger partial charge in [-0.15, -0.1) is 11.6 Å². The number of pyridine rings is 1. The maximum absolute atomic E-state index is 12.5. The first-order valence-electron chi connectivity index (χ1n) is 11.6. The molecule has 4 heteroatoms. The van der Waals surface area contributed by atoms with Crippen molar-refractivity contribution < 1.29 is 4.39 Å². The van der Waals surface area contributed by atoms with E-state index in [0.717, 1.165) is 17.7 Å². The van der Waals surface area contributed by atoms with Crippen molar-refractivity contribution in [2.75, 3.05) is 5.73 Å². The summed E-state index contributed by atoms with van der Waals surface area (Å²) in [4.78, 5) is 4.55. The van der Waals surface area contributed by atoms with Crippen LogP contribution in [0.2, 0.25) is 0 Å². The molecule has 0 amide bonds. The van der Waals surface area contributed by atoms with E-state index in [1.807, 2.05) is 20.0 Å². The van der Waals surface area contributed by atoms with Crippen molar-refractivity contribution in [1.82, 2.24) is 4.98 Å². The lowest BCUT2D eigenvalue weighted by Crippen LogP contribution is -1.93. The summed E-state index contributed by atoms with van der Waals surface area (Å²) in [5.74, 6) is 0.311. The van der Waals surface area contributed by atoms with Crippen molar-refractivity contribution in [3.8, 4) is 0 Å². The number of hydrogen-bond donors (Lipinski definition) is 1. The number of nitrogen functional groups attached to an aromatic ring is 1. The SMILES string of the molecule is CC.CCCC/C(=C\c1nccc(C)c1C)c1cccc(CCl)c1.Cc1ccc(N)cc1F. The number of unbranched alkanes of at least 4 members (excludes halogenated alkanes) is 1.